The van der Waals surface area contributed by atoms with E-state index in [-0.39, 0.29) is 11.7 Å². The number of carbonyl (C=O) groups excluding carboxylic acids is 1. The number of benzene rings is 1. The summed E-state index contributed by atoms with van der Waals surface area (Å²) in [4.78, 5) is 12.4. The van der Waals surface area contributed by atoms with Gasteiger partial charge in [0.25, 0.3) is 0 Å². The summed E-state index contributed by atoms with van der Waals surface area (Å²) < 4.78 is 5.57. The Morgan fingerprint density at radius 2 is 2.18 bits per heavy atom. The van der Waals surface area contributed by atoms with Crippen LogP contribution in [0.1, 0.15) is 28.3 Å². The first kappa shape index (κ1) is 10.5. The highest BCUT2D eigenvalue weighted by Gasteiger charge is 2.28. The number of Topliss-reactive ketones (excluding diaryl/α,β-unsaturated/α-hetero) is 1. The molecule has 0 bridgehead atoms. The molecule has 3 heteroatoms. The zero-order valence-corrected chi connectivity index (χ0v) is 10.1. The first-order valence-corrected chi connectivity index (χ1v) is 6.58. The molecule has 1 aliphatic rings. The third kappa shape index (κ3) is 1.87. The number of carbonyl (C=O) groups is 1. The van der Waals surface area contributed by atoms with Crippen LogP contribution >= 0.6 is 11.3 Å². The number of rotatable bonds is 2. The zero-order valence-electron chi connectivity index (χ0n) is 9.26. The minimum absolute atomic E-state index is 0.0467. The Hall–Kier alpha value is -1.61. The second kappa shape index (κ2) is 4.34. The topological polar surface area (TPSA) is 26.3 Å². The van der Waals surface area contributed by atoms with Crippen molar-refractivity contribution in [2.45, 2.75) is 12.3 Å². The van der Waals surface area contributed by atoms with E-state index in [2.05, 4.69) is 0 Å². The Balaban J connectivity index is 1.98. The Morgan fingerprint density at radius 3 is 3.00 bits per heavy atom. The molecule has 1 aliphatic heterocycles. The van der Waals surface area contributed by atoms with Crippen molar-refractivity contribution in [1.29, 1.82) is 0 Å². The highest BCUT2D eigenvalue weighted by molar-refractivity contribution is 7.08. The van der Waals surface area contributed by atoms with Crippen molar-refractivity contribution in [3.8, 4) is 5.75 Å². The fraction of sp³-hybridized carbons (Fsp3) is 0.214. The molecule has 1 atom stereocenters. The molecule has 0 saturated carbocycles. The van der Waals surface area contributed by atoms with E-state index in [1.807, 2.05) is 41.1 Å². The van der Waals surface area contributed by atoms with E-state index in [1.54, 1.807) is 11.3 Å². The van der Waals surface area contributed by atoms with Crippen LogP contribution in [0.2, 0.25) is 0 Å². The van der Waals surface area contributed by atoms with Crippen molar-refractivity contribution < 1.29 is 9.53 Å². The maximum absolute atomic E-state index is 12.4. The van der Waals surface area contributed by atoms with Crippen LogP contribution in [0.15, 0.2) is 41.1 Å². The van der Waals surface area contributed by atoms with Crippen LogP contribution in [0.3, 0.4) is 0 Å². The summed E-state index contributed by atoms with van der Waals surface area (Å²) in [7, 11) is 0. The number of hydrogen-bond acceptors (Lipinski definition) is 3. The molecule has 2 heterocycles. The summed E-state index contributed by atoms with van der Waals surface area (Å²) in [6.07, 6.45) is 0.770. The number of ether oxygens (including phenoxy) is 1. The maximum atomic E-state index is 12.4. The fourth-order valence-corrected chi connectivity index (χ4v) is 2.87. The molecule has 0 amide bonds. The van der Waals surface area contributed by atoms with Gasteiger partial charge in [0.2, 0.25) is 0 Å². The second-order valence-corrected chi connectivity index (χ2v) is 4.88. The zero-order chi connectivity index (χ0) is 11.7. The van der Waals surface area contributed by atoms with E-state index in [9.17, 15) is 4.79 Å². The van der Waals surface area contributed by atoms with Gasteiger partial charge in [0.05, 0.1) is 12.5 Å². The second-order valence-electron chi connectivity index (χ2n) is 4.10. The Kier molecular flexibility index (Phi) is 2.69. The number of ketones is 1. The van der Waals surface area contributed by atoms with E-state index in [0.29, 0.717) is 6.61 Å². The van der Waals surface area contributed by atoms with Crippen molar-refractivity contribution in [1.82, 2.24) is 0 Å². The first-order valence-electron chi connectivity index (χ1n) is 5.64. The SMILES string of the molecule is O=C(c1ccsc1)C1CCOc2ccccc21. The molecule has 2 aromatic rings. The van der Waals surface area contributed by atoms with E-state index < -0.39 is 0 Å². The summed E-state index contributed by atoms with van der Waals surface area (Å²) >= 11 is 1.56. The molecule has 1 aromatic heterocycles. The summed E-state index contributed by atoms with van der Waals surface area (Å²) in [5.74, 6) is 1.02. The lowest BCUT2D eigenvalue weighted by Gasteiger charge is -2.24. The number of hydrogen-bond donors (Lipinski definition) is 0. The molecule has 2 nitrogen and oxygen atoms in total. The highest BCUT2D eigenvalue weighted by Crippen LogP contribution is 2.35. The van der Waals surface area contributed by atoms with Crippen LogP contribution in [-0.2, 0) is 0 Å². The van der Waals surface area contributed by atoms with E-state index >= 15 is 0 Å². The van der Waals surface area contributed by atoms with Gasteiger partial charge in [-0.15, -0.1) is 0 Å². The van der Waals surface area contributed by atoms with E-state index in [4.69, 9.17) is 4.74 Å². The monoisotopic (exact) mass is 244 g/mol. The number of thiophene rings is 1. The summed E-state index contributed by atoms with van der Waals surface area (Å²) in [6, 6.07) is 9.72. The molecule has 0 radical (unpaired) electrons. The summed E-state index contributed by atoms with van der Waals surface area (Å²) in [5.41, 5.74) is 1.84. The lowest BCUT2D eigenvalue weighted by Crippen LogP contribution is -2.21. The van der Waals surface area contributed by atoms with Crippen LogP contribution in [-0.4, -0.2) is 12.4 Å². The summed E-state index contributed by atoms with van der Waals surface area (Å²) in [5, 5.41) is 3.86. The Bertz CT molecular complexity index is 531. The number of para-hydroxylation sites is 1. The molecule has 0 saturated heterocycles. The third-order valence-electron chi connectivity index (χ3n) is 3.08. The number of fused-ring (bicyclic) bond motifs is 1. The van der Waals surface area contributed by atoms with Gasteiger partial charge in [-0.1, -0.05) is 18.2 Å². The standard InChI is InChI=1S/C14H12O2S/c15-14(10-6-8-17-9-10)12-5-7-16-13-4-2-1-3-11(12)13/h1-4,6,8-9,12H,5,7H2. The van der Waals surface area contributed by atoms with E-state index in [1.165, 1.54) is 0 Å². The van der Waals surface area contributed by atoms with Crippen LogP contribution in [0.4, 0.5) is 0 Å². The molecule has 86 valence electrons. The predicted octanol–water partition coefficient (Wildman–Crippen LogP) is 3.50. The van der Waals surface area contributed by atoms with Gasteiger partial charge in [0, 0.05) is 16.5 Å². The van der Waals surface area contributed by atoms with Crippen molar-refractivity contribution in [2.24, 2.45) is 0 Å². The molecule has 0 aliphatic carbocycles. The van der Waals surface area contributed by atoms with Gasteiger partial charge in [-0.25, -0.2) is 0 Å². The van der Waals surface area contributed by atoms with Gasteiger partial charge in [-0.05, 0) is 23.9 Å². The quantitative estimate of drug-likeness (QED) is 0.756. The lowest BCUT2D eigenvalue weighted by atomic mass is 9.87. The minimum Gasteiger partial charge on any atom is -0.493 e. The van der Waals surface area contributed by atoms with Crippen LogP contribution in [0, 0.1) is 0 Å². The predicted molar refractivity (Wildman–Crippen MR) is 67.9 cm³/mol. The smallest absolute Gasteiger partial charge is 0.171 e. The average molecular weight is 244 g/mol. The maximum Gasteiger partial charge on any atom is 0.171 e. The van der Waals surface area contributed by atoms with Gasteiger partial charge >= 0.3 is 0 Å². The van der Waals surface area contributed by atoms with Crippen LogP contribution < -0.4 is 4.74 Å². The average Bonchev–Trinajstić information content (AvgIpc) is 2.91. The van der Waals surface area contributed by atoms with Crippen molar-refractivity contribution in [2.75, 3.05) is 6.61 Å². The Labute approximate surface area is 104 Å². The molecule has 0 fully saturated rings. The van der Waals surface area contributed by atoms with Crippen molar-refractivity contribution in [3.63, 3.8) is 0 Å². The highest BCUT2D eigenvalue weighted by atomic mass is 32.1. The molecule has 3 rings (SSSR count). The van der Waals surface area contributed by atoms with Crippen molar-refractivity contribution in [3.05, 3.63) is 52.2 Å². The fourth-order valence-electron chi connectivity index (χ4n) is 2.22. The van der Waals surface area contributed by atoms with Gasteiger partial charge in [-0.2, -0.15) is 11.3 Å². The molecular weight excluding hydrogens is 232 g/mol. The van der Waals surface area contributed by atoms with Gasteiger partial charge < -0.3 is 4.74 Å². The molecule has 17 heavy (non-hydrogen) atoms. The molecule has 0 N–H and O–H groups in total. The van der Waals surface area contributed by atoms with Gasteiger partial charge in [-0.3, -0.25) is 4.79 Å². The molecular formula is C14H12O2S. The van der Waals surface area contributed by atoms with E-state index in [0.717, 1.165) is 23.3 Å². The third-order valence-corrected chi connectivity index (χ3v) is 3.76. The minimum atomic E-state index is -0.0467. The lowest BCUT2D eigenvalue weighted by molar-refractivity contribution is 0.0933. The Morgan fingerprint density at radius 1 is 1.29 bits per heavy atom. The van der Waals surface area contributed by atoms with Crippen LogP contribution in [0.5, 0.6) is 5.75 Å². The van der Waals surface area contributed by atoms with Crippen molar-refractivity contribution >= 4 is 17.1 Å². The summed E-state index contributed by atoms with van der Waals surface area (Å²) in [6.45, 7) is 0.623. The normalized spacial score (nSPS) is 18.2. The largest absolute Gasteiger partial charge is 0.493 e. The van der Waals surface area contributed by atoms with Gasteiger partial charge in [0.15, 0.2) is 5.78 Å². The molecule has 1 unspecified atom stereocenters. The first-order chi connectivity index (χ1) is 8.36. The van der Waals surface area contributed by atoms with Gasteiger partial charge in [0.1, 0.15) is 5.75 Å². The van der Waals surface area contributed by atoms with Crippen LogP contribution in [0.25, 0.3) is 0 Å². The molecule has 0 spiro atoms. The molecule has 1 aromatic carbocycles.